The van der Waals surface area contributed by atoms with Gasteiger partial charge in [-0.2, -0.15) is 0 Å². The third-order valence-electron chi connectivity index (χ3n) is 6.81. The molecule has 4 bridgehead atoms. The highest BCUT2D eigenvalue weighted by Gasteiger charge is 2.45. The van der Waals surface area contributed by atoms with Crippen molar-refractivity contribution >= 4 is 0 Å². The first-order chi connectivity index (χ1) is 12.2. The Morgan fingerprint density at radius 2 is 1.76 bits per heavy atom. The Bertz CT molecular complexity index is 438. The van der Waals surface area contributed by atoms with Crippen molar-refractivity contribution in [2.75, 3.05) is 13.3 Å². The quantitative estimate of drug-likeness (QED) is 0.527. The van der Waals surface area contributed by atoms with Gasteiger partial charge in [0.05, 0.1) is 25.0 Å². The molecule has 4 aliphatic rings. The number of rotatable bonds is 0. The van der Waals surface area contributed by atoms with Crippen molar-refractivity contribution in [2.24, 2.45) is 5.92 Å². The molecular formula is C19H36N4O2. The molecule has 144 valence electrons. The van der Waals surface area contributed by atoms with E-state index in [0.717, 1.165) is 13.0 Å². The van der Waals surface area contributed by atoms with E-state index >= 15 is 0 Å². The van der Waals surface area contributed by atoms with Crippen LogP contribution in [0.15, 0.2) is 0 Å². The van der Waals surface area contributed by atoms with Crippen LogP contribution < -0.4 is 21.5 Å². The smallest absolute Gasteiger partial charge is 0.0969 e. The average molecular weight is 353 g/mol. The Labute approximate surface area is 152 Å². The van der Waals surface area contributed by atoms with Gasteiger partial charge in [0.15, 0.2) is 0 Å². The first kappa shape index (κ1) is 18.1. The lowest BCUT2D eigenvalue weighted by atomic mass is 9.76. The summed E-state index contributed by atoms with van der Waals surface area (Å²) in [6, 6.07) is 2.10. The Morgan fingerprint density at radius 1 is 0.880 bits per heavy atom. The predicted molar refractivity (Wildman–Crippen MR) is 98.1 cm³/mol. The Morgan fingerprint density at radius 3 is 2.68 bits per heavy atom. The normalized spacial score (nSPS) is 49.2. The first-order valence-corrected chi connectivity index (χ1v) is 10.5. The zero-order valence-electron chi connectivity index (χ0n) is 15.8. The molecule has 3 saturated heterocycles. The van der Waals surface area contributed by atoms with E-state index in [2.05, 4.69) is 35.3 Å². The maximum atomic E-state index is 6.39. The van der Waals surface area contributed by atoms with Crippen molar-refractivity contribution in [1.29, 1.82) is 0 Å². The third-order valence-corrected chi connectivity index (χ3v) is 6.81. The van der Waals surface area contributed by atoms with E-state index in [1.54, 1.807) is 0 Å². The lowest BCUT2D eigenvalue weighted by molar-refractivity contribution is -0.0394. The fourth-order valence-corrected chi connectivity index (χ4v) is 5.31. The Hall–Kier alpha value is -0.240. The SMILES string of the molecule is C[C@@H]1CCNCO[C@@H](C)C2CCCC(N2)C2NNC3CCC(CC32)O1. The summed E-state index contributed by atoms with van der Waals surface area (Å²) in [5.74, 6) is 0.668. The zero-order valence-corrected chi connectivity index (χ0v) is 15.8. The molecule has 0 aromatic carbocycles. The molecule has 6 unspecified atom stereocenters. The standard InChI is InChI=1S/C19H36N4O2/c1-12-8-9-20-11-24-13(2)16-4-3-5-18(21-16)19-15-10-14(25-12)6-7-17(15)22-23-19/h12-23H,3-11H2,1-2H3/t12-,13+,14?,15?,16?,17?,18?,19?/m1/s1. The van der Waals surface area contributed by atoms with Gasteiger partial charge >= 0.3 is 0 Å². The predicted octanol–water partition coefficient (Wildman–Crippen LogP) is 1.27. The highest BCUT2D eigenvalue weighted by atomic mass is 16.5. The molecule has 0 amide bonds. The first-order valence-electron chi connectivity index (χ1n) is 10.5. The molecule has 1 aliphatic carbocycles. The molecule has 25 heavy (non-hydrogen) atoms. The lowest BCUT2D eigenvalue weighted by Gasteiger charge is -2.41. The second-order valence-corrected chi connectivity index (χ2v) is 8.58. The molecule has 6 heteroatoms. The molecule has 4 N–H and O–H groups in total. The summed E-state index contributed by atoms with van der Waals surface area (Å²) in [7, 11) is 0. The second kappa shape index (κ2) is 8.19. The van der Waals surface area contributed by atoms with E-state index < -0.39 is 0 Å². The minimum atomic E-state index is 0.248. The second-order valence-electron chi connectivity index (χ2n) is 8.58. The lowest BCUT2D eigenvalue weighted by Crippen LogP contribution is -2.57. The fraction of sp³-hybridized carbons (Fsp3) is 1.00. The van der Waals surface area contributed by atoms with E-state index in [4.69, 9.17) is 9.47 Å². The highest BCUT2D eigenvalue weighted by Crippen LogP contribution is 2.35. The van der Waals surface area contributed by atoms with Gasteiger partial charge in [-0.15, -0.1) is 0 Å². The van der Waals surface area contributed by atoms with Crippen LogP contribution in [-0.4, -0.2) is 55.8 Å². The summed E-state index contributed by atoms with van der Waals surface area (Å²) in [5.41, 5.74) is 7.23. The van der Waals surface area contributed by atoms with Gasteiger partial charge in [-0.3, -0.25) is 16.2 Å². The highest BCUT2D eigenvalue weighted by molar-refractivity contribution is 5.02. The van der Waals surface area contributed by atoms with E-state index in [1.165, 1.54) is 38.5 Å². The maximum Gasteiger partial charge on any atom is 0.0969 e. The van der Waals surface area contributed by atoms with Crippen LogP contribution in [0.2, 0.25) is 0 Å². The number of ether oxygens (including phenoxy) is 2. The summed E-state index contributed by atoms with van der Waals surface area (Å²) in [5, 5.41) is 7.34. The molecule has 6 nitrogen and oxygen atoms in total. The van der Waals surface area contributed by atoms with Crippen molar-refractivity contribution in [1.82, 2.24) is 21.5 Å². The van der Waals surface area contributed by atoms with Gasteiger partial charge in [0.1, 0.15) is 0 Å². The molecule has 3 heterocycles. The van der Waals surface area contributed by atoms with Crippen molar-refractivity contribution in [3.05, 3.63) is 0 Å². The van der Waals surface area contributed by atoms with Crippen LogP contribution in [0.1, 0.15) is 58.8 Å². The summed E-state index contributed by atoms with van der Waals surface area (Å²) in [6.45, 7) is 6.02. The molecule has 0 aromatic rings. The van der Waals surface area contributed by atoms with Gasteiger partial charge in [0.2, 0.25) is 0 Å². The van der Waals surface area contributed by atoms with Crippen LogP contribution in [0.3, 0.4) is 0 Å². The van der Waals surface area contributed by atoms with Crippen LogP contribution in [-0.2, 0) is 9.47 Å². The number of nitrogens with one attached hydrogen (secondary N) is 4. The maximum absolute atomic E-state index is 6.39. The summed E-state index contributed by atoms with van der Waals surface area (Å²) < 4.78 is 12.4. The van der Waals surface area contributed by atoms with Crippen molar-refractivity contribution in [2.45, 2.75) is 101 Å². The average Bonchev–Trinajstić information content (AvgIpc) is 3.04. The summed E-state index contributed by atoms with van der Waals surface area (Å²) in [4.78, 5) is 0. The van der Waals surface area contributed by atoms with E-state index in [-0.39, 0.29) is 6.10 Å². The van der Waals surface area contributed by atoms with Gasteiger partial charge in [-0.05, 0) is 64.8 Å². The van der Waals surface area contributed by atoms with E-state index in [9.17, 15) is 0 Å². The minimum absolute atomic E-state index is 0.248. The van der Waals surface area contributed by atoms with E-state index in [0.29, 0.717) is 49.0 Å². The molecule has 1 saturated carbocycles. The van der Waals surface area contributed by atoms with Crippen LogP contribution in [0, 0.1) is 5.92 Å². The number of fused-ring (bicyclic) bond motifs is 4. The van der Waals surface area contributed by atoms with Crippen LogP contribution in [0.25, 0.3) is 0 Å². The monoisotopic (exact) mass is 352 g/mol. The molecule has 0 spiro atoms. The molecule has 8 atom stereocenters. The molecule has 0 radical (unpaired) electrons. The number of hydrazine groups is 1. The van der Waals surface area contributed by atoms with Crippen molar-refractivity contribution in [3.8, 4) is 0 Å². The molecule has 0 aromatic heterocycles. The van der Waals surface area contributed by atoms with Gasteiger partial charge in [-0.25, -0.2) is 0 Å². The fourth-order valence-electron chi connectivity index (χ4n) is 5.31. The van der Waals surface area contributed by atoms with Gasteiger partial charge in [-0.1, -0.05) is 6.42 Å². The molecule has 4 rings (SSSR count). The Kier molecular flexibility index (Phi) is 5.94. The van der Waals surface area contributed by atoms with Gasteiger partial charge < -0.3 is 14.8 Å². The number of hydrogen-bond acceptors (Lipinski definition) is 6. The van der Waals surface area contributed by atoms with Gasteiger partial charge in [0, 0.05) is 24.2 Å². The Balaban J connectivity index is 1.49. The van der Waals surface area contributed by atoms with Gasteiger partial charge in [0.25, 0.3) is 0 Å². The number of hydrogen-bond donors (Lipinski definition) is 4. The largest absolute Gasteiger partial charge is 0.375 e. The van der Waals surface area contributed by atoms with Crippen LogP contribution in [0.5, 0.6) is 0 Å². The molecule has 3 aliphatic heterocycles. The summed E-state index contributed by atoms with van der Waals surface area (Å²) in [6.07, 6.45) is 9.37. The zero-order chi connectivity index (χ0) is 17.2. The minimum Gasteiger partial charge on any atom is -0.375 e. The van der Waals surface area contributed by atoms with Crippen LogP contribution in [0.4, 0.5) is 0 Å². The molecule has 4 fully saturated rings. The van der Waals surface area contributed by atoms with Crippen molar-refractivity contribution in [3.63, 3.8) is 0 Å². The van der Waals surface area contributed by atoms with Crippen molar-refractivity contribution < 1.29 is 9.47 Å². The number of piperidine rings is 1. The van der Waals surface area contributed by atoms with Crippen LogP contribution >= 0.6 is 0 Å². The topological polar surface area (TPSA) is 66.6 Å². The molecular weight excluding hydrogens is 316 g/mol. The van der Waals surface area contributed by atoms with E-state index in [1.807, 2.05) is 0 Å². The third kappa shape index (κ3) is 4.20. The summed E-state index contributed by atoms with van der Waals surface area (Å²) >= 11 is 0.